The number of methoxy groups -OCH3 is 1. The summed E-state index contributed by atoms with van der Waals surface area (Å²) < 4.78 is 18.6. The number of benzene rings is 2. The number of aromatic nitrogens is 2. The number of hydrogen-bond donors (Lipinski definition) is 1. The lowest BCUT2D eigenvalue weighted by molar-refractivity contribution is 0.102. The molecule has 1 amide bonds. The van der Waals surface area contributed by atoms with E-state index < -0.39 is 0 Å². The van der Waals surface area contributed by atoms with E-state index in [1.54, 1.807) is 37.6 Å². The van der Waals surface area contributed by atoms with Gasteiger partial charge in [0.15, 0.2) is 5.13 Å². The van der Waals surface area contributed by atoms with Crippen LogP contribution in [0.1, 0.15) is 16.1 Å². The van der Waals surface area contributed by atoms with Crippen molar-refractivity contribution in [1.29, 1.82) is 0 Å². The zero-order chi connectivity index (χ0) is 19.7. The van der Waals surface area contributed by atoms with Crippen molar-refractivity contribution >= 4 is 33.3 Å². The van der Waals surface area contributed by atoms with Crippen molar-refractivity contribution < 1.29 is 13.9 Å². The van der Waals surface area contributed by atoms with Gasteiger partial charge in [-0.2, -0.15) is 0 Å². The highest BCUT2D eigenvalue weighted by molar-refractivity contribution is 7.14. The second-order valence-electron chi connectivity index (χ2n) is 6.18. The van der Waals surface area contributed by atoms with Gasteiger partial charge in [0.1, 0.15) is 11.6 Å². The highest BCUT2D eigenvalue weighted by Crippen LogP contribution is 2.27. The lowest BCUT2D eigenvalue weighted by Gasteiger charge is -2.08. The molecule has 0 saturated heterocycles. The molecule has 0 aliphatic rings. The van der Waals surface area contributed by atoms with E-state index in [1.807, 2.05) is 18.2 Å². The molecule has 0 aliphatic heterocycles. The fraction of sp³-hybridized carbons (Fsp3) is 0.0952. The average Bonchev–Trinajstić information content (AvgIpc) is 3.15. The molecule has 2 heterocycles. The van der Waals surface area contributed by atoms with Gasteiger partial charge in [0.25, 0.3) is 5.91 Å². The molecule has 0 bridgehead atoms. The molecule has 0 unspecified atom stereocenters. The SMILES string of the molecule is COc1ccc2nc(C)c(C(=O)Nc3nc(-c4cccc(F)c4)cs3)cc2c1. The first-order valence-corrected chi connectivity index (χ1v) is 9.39. The van der Waals surface area contributed by atoms with Crippen LogP contribution in [-0.4, -0.2) is 23.0 Å². The van der Waals surface area contributed by atoms with Crippen LogP contribution in [0.4, 0.5) is 9.52 Å². The van der Waals surface area contributed by atoms with Gasteiger partial charge < -0.3 is 4.74 Å². The highest BCUT2D eigenvalue weighted by atomic mass is 32.1. The number of hydrogen-bond acceptors (Lipinski definition) is 5. The number of nitrogens with one attached hydrogen (secondary N) is 1. The van der Waals surface area contributed by atoms with Crippen molar-refractivity contribution in [2.45, 2.75) is 6.92 Å². The number of amides is 1. The van der Waals surface area contributed by atoms with E-state index in [0.717, 1.165) is 10.9 Å². The number of fused-ring (bicyclic) bond motifs is 1. The second kappa shape index (κ2) is 7.36. The number of nitrogens with zero attached hydrogens (tertiary/aromatic N) is 2. The molecule has 0 radical (unpaired) electrons. The first-order valence-electron chi connectivity index (χ1n) is 8.52. The monoisotopic (exact) mass is 393 g/mol. The maximum Gasteiger partial charge on any atom is 0.259 e. The Morgan fingerprint density at radius 2 is 2.00 bits per heavy atom. The van der Waals surface area contributed by atoms with Gasteiger partial charge in [-0.1, -0.05) is 12.1 Å². The Balaban J connectivity index is 1.61. The van der Waals surface area contributed by atoms with Gasteiger partial charge >= 0.3 is 0 Å². The maximum absolute atomic E-state index is 13.4. The summed E-state index contributed by atoms with van der Waals surface area (Å²) in [5.74, 6) is 0.0726. The van der Waals surface area contributed by atoms with Crippen molar-refractivity contribution in [3.63, 3.8) is 0 Å². The molecule has 28 heavy (non-hydrogen) atoms. The van der Waals surface area contributed by atoms with E-state index in [-0.39, 0.29) is 11.7 Å². The Morgan fingerprint density at radius 3 is 2.79 bits per heavy atom. The molecule has 7 heteroatoms. The fourth-order valence-corrected chi connectivity index (χ4v) is 3.60. The predicted molar refractivity (Wildman–Crippen MR) is 108 cm³/mol. The third-order valence-corrected chi connectivity index (χ3v) is 5.06. The van der Waals surface area contributed by atoms with Crippen LogP contribution >= 0.6 is 11.3 Å². The number of pyridine rings is 1. The summed E-state index contributed by atoms with van der Waals surface area (Å²) in [5, 5.41) is 5.83. The van der Waals surface area contributed by atoms with Gasteiger partial charge in [0, 0.05) is 16.3 Å². The molecule has 0 saturated carbocycles. The molecule has 2 aromatic heterocycles. The van der Waals surface area contributed by atoms with Gasteiger partial charge in [-0.05, 0) is 43.3 Å². The normalized spacial score (nSPS) is 10.8. The topological polar surface area (TPSA) is 64.1 Å². The minimum Gasteiger partial charge on any atom is -0.497 e. The quantitative estimate of drug-likeness (QED) is 0.526. The third-order valence-electron chi connectivity index (χ3n) is 4.30. The zero-order valence-electron chi connectivity index (χ0n) is 15.2. The van der Waals surface area contributed by atoms with Gasteiger partial charge in [-0.25, -0.2) is 9.37 Å². The summed E-state index contributed by atoms with van der Waals surface area (Å²) in [7, 11) is 1.59. The van der Waals surface area contributed by atoms with Crippen LogP contribution in [0.25, 0.3) is 22.2 Å². The van der Waals surface area contributed by atoms with Gasteiger partial charge in [-0.15, -0.1) is 11.3 Å². The molecular weight excluding hydrogens is 377 g/mol. The Labute approximate surface area is 164 Å². The van der Waals surface area contributed by atoms with Crippen molar-refractivity contribution in [3.05, 3.63) is 71.0 Å². The van der Waals surface area contributed by atoms with E-state index in [9.17, 15) is 9.18 Å². The molecule has 0 fully saturated rings. The standard InChI is InChI=1S/C21H16FN3O2S/c1-12-17(10-14-9-16(27-2)6-7-18(14)23-12)20(26)25-21-24-19(11-28-21)13-4-3-5-15(22)8-13/h3-11H,1-2H3,(H,24,25,26). The van der Waals surface area contributed by atoms with Crippen molar-refractivity contribution in [2.24, 2.45) is 0 Å². The van der Waals surface area contributed by atoms with Crippen LogP contribution < -0.4 is 10.1 Å². The number of ether oxygens (including phenoxy) is 1. The van der Waals surface area contributed by atoms with Crippen LogP contribution in [-0.2, 0) is 0 Å². The number of thiazole rings is 1. The first kappa shape index (κ1) is 18.1. The molecule has 5 nitrogen and oxygen atoms in total. The summed E-state index contributed by atoms with van der Waals surface area (Å²) in [5.41, 5.74) is 3.14. The molecule has 0 atom stereocenters. The van der Waals surface area contributed by atoms with E-state index in [4.69, 9.17) is 4.74 Å². The summed E-state index contributed by atoms with van der Waals surface area (Å²) in [6, 6.07) is 13.5. The Morgan fingerprint density at radius 1 is 1.14 bits per heavy atom. The Kier molecular flexibility index (Phi) is 4.75. The summed E-state index contributed by atoms with van der Waals surface area (Å²) in [4.78, 5) is 21.6. The third kappa shape index (κ3) is 3.57. The number of rotatable bonds is 4. The van der Waals surface area contributed by atoms with Crippen molar-refractivity contribution in [3.8, 4) is 17.0 Å². The lowest BCUT2D eigenvalue weighted by atomic mass is 10.1. The number of carbonyl (C=O) groups excluding carboxylic acids is 1. The lowest BCUT2D eigenvalue weighted by Crippen LogP contribution is -2.14. The Bertz CT molecular complexity index is 1190. The Hall–Kier alpha value is -3.32. The minimum atomic E-state index is -0.329. The van der Waals surface area contributed by atoms with Gasteiger partial charge in [0.2, 0.25) is 0 Å². The highest BCUT2D eigenvalue weighted by Gasteiger charge is 2.15. The average molecular weight is 393 g/mol. The number of carbonyl (C=O) groups is 1. The smallest absolute Gasteiger partial charge is 0.259 e. The number of halogens is 1. The number of aryl methyl sites for hydroxylation is 1. The molecule has 2 aromatic carbocycles. The van der Waals surface area contributed by atoms with Crippen LogP contribution in [0.15, 0.2) is 53.9 Å². The molecule has 4 rings (SSSR count). The molecule has 140 valence electrons. The van der Waals surface area contributed by atoms with Crippen molar-refractivity contribution in [1.82, 2.24) is 9.97 Å². The van der Waals surface area contributed by atoms with Crippen LogP contribution in [0.2, 0.25) is 0 Å². The zero-order valence-corrected chi connectivity index (χ0v) is 16.0. The summed E-state index contributed by atoms with van der Waals surface area (Å²) >= 11 is 1.28. The van der Waals surface area contributed by atoms with E-state index >= 15 is 0 Å². The molecule has 1 N–H and O–H groups in total. The molecule has 4 aromatic rings. The fourth-order valence-electron chi connectivity index (χ4n) is 2.88. The summed E-state index contributed by atoms with van der Waals surface area (Å²) in [6.45, 7) is 1.79. The van der Waals surface area contributed by atoms with E-state index in [1.165, 1.54) is 23.5 Å². The largest absolute Gasteiger partial charge is 0.497 e. The summed E-state index contributed by atoms with van der Waals surface area (Å²) in [6.07, 6.45) is 0. The number of anilines is 1. The van der Waals surface area contributed by atoms with Crippen LogP contribution in [0.5, 0.6) is 5.75 Å². The minimum absolute atomic E-state index is 0.296. The van der Waals surface area contributed by atoms with E-state index in [0.29, 0.717) is 33.4 Å². The van der Waals surface area contributed by atoms with Crippen LogP contribution in [0.3, 0.4) is 0 Å². The molecule has 0 aliphatic carbocycles. The second-order valence-corrected chi connectivity index (χ2v) is 7.04. The first-order chi connectivity index (χ1) is 13.5. The molecule has 0 spiro atoms. The maximum atomic E-state index is 13.4. The predicted octanol–water partition coefficient (Wildman–Crippen LogP) is 5.07. The van der Waals surface area contributed by atoms with Crippen molar-refractivity contribution in [2.75, 3.05) is 12.4 Å². The van der Waals surface area contributed by atoms with Gasteiger partial charge in [-0.3, -0.25) is 15.1 Å². The van der Waals surface area contributed by atoms with Gasteiger partial charge in [0.05, 0.1) is 29.6 Å². The molecular formula is C21H16FN3O2S. The van der Waals surface area contributed by atoms with E-state index in [2.05, 4.69) is 15.3 Å². The van der Waals surface area contributed by atoms with Crippen LogP contribution in [0, 0.1) is 12.7 Å².